The van der Waals surface area contributed by atoms with Crippen LogP contribution >= 0.6 is 0 Å². The zero-order valence-electron chi connectivity index (χ0n) is 13.8. The average Bonchev–Trinajstić information content (AvgIpc) is 2.96. The Bertz CT molecular complexity index is 769. The van der Waals surface area contributed by atoms with Gasteiger partial charge in [-0.3, -0.25) is 14.5 Å². The predicted molar refractivity (Wildman–Crippen MR) is 88.8 cm³/mol. The molecule has 1 aromatic heterocycles. The number of nitrogens with one attached hydrogen (secondary N) is 1. The molecule has 0 bridgehead atoms. The molecule has 2 aromatic rings. The van der Waals surface area contributed by atoms with E-state index in [1.807, 2.05) is 37.3 Å². The van der Waals surface area contributed by atoms with E-state index >= 15 is 0 Å². The zero-order valence-corrected chi connectivity index (χ0v) is 13.8. The number of methoxy groups -OCH3 is 1. The lowest BCUT2D eigenvalue weighted by Crippen LogP contribution is -2.44. The van der Waals surface area contributed by atoms with E-state index in [4.69, 9.17) is 4.74 Å². The number of rotatable bonds is 5. The van der Waals surface area contributed by atoms with Gasteiger partial charge in [0.2, 0.25) is 11.8 Å². The number of fused-ring (bicyclic) bond motifs is 1. The van der Waals surface area contributed by atoms with E-state index in [-0.39, 0.29) is 18.4 Å². The molecule has 1 aromatic carbocycles. The summed E-state index contributed by atoms with van der Waals surface area (Å²) >= 11 is 0. The van der Waals surface area contributed by atoms with Gasteiger partial charge in [0.1, 0.15) is 18.1 Å². The molecule has 1 aliphatic rings. The summed E-state index contributed by atoms with van der Waals surface area (Å²) in [4.78, 5) is 25.9. The number of aryl methyl sites for hydroxylation is 2. The lowest BCUT2D eigenvalue weighted by molar-refractivity contribution is -0.124. The molecule has 1 aliphatic heterocycles. The van der Waals surface area contributed by atoms with E-state index in [0.29, 0.717) is 25.3 Å². The van der Waals surface area contributed by atoms with Crippen LogP contribution in [0.4, 0.5) is 5.82 Å². The van der Waals surface area contributed by atoms with E-state index in [0.717, 1.165) is 17.0 Å². The summed E-state index contributed by atoms with van der Waals surface area (Å²) in [6.45, 7) is 2.81. The Kier molecular flexibility index (Phi) is 4.50. The number of hydrogen-bond acceptors (Lipinski definition) is 4. The second-order valence-corrected chi connectivity index (χ2v) is 5.73. The maximum Gasteiger partial charge on any atom is 0.240 e. The first-order valence-corrected chi connectivity index (χ1v) is 7.81. The van der Waals surface area contributed by atoms with Crippen molar-refractivity contribution in [2.45, 2.75) is 26.4 Å². The van der Waals surface area contributed by atoms with Crippen LogP contribution in [0.5, 0.6) is 5.75 Å². The Hall–Kier alpha value is -2.83. The van der Waals surface area contributed by atoms with Crippen molar-refractivity contribution in [1.82, 2.24) is 15.1 Å². The van der Waals surface area contributed by atoms with Crippen molar-refractivity contribution in [1.29, 1.82) is 0 Å². The minimum absolute atomic E-state index is 0.00602. The highest BCUT2D eigenvalue weighted by molar-refractivity contribution is 5.98. The number of anilines is 1. The third-order valence-corrected chi connectivity index (χ3v) is 3.92. The molecule has 126 valence electrons. The molecule has 7 nitrogen and oxygen atoms in total. The van der Waals surface area contributed by atoms with Crippen LogP contribution in [-0.4, -0.2) is 35.2 Å². The highest BCUT2D eigenvalue weighted by Crippen LogP contribution is 2.22. The topological polar surface area (TPSA) is 76.5 Å². The van der Waals surface area contributed by atoms with Crippen molar-refractivity contribution in [3.63, 3.8) is 0 Å². The van der Waals surface area contributed by atoms with E-state index < -0.39 is 0 Å². The molecule has 0 unspecified atom stereocenters. The number of nitrogens with zero attached hydrogens (tertiary/aromatic N) is 3. The maximum atomic E-state index is 12.2. The Morgan fingerprint density at radius 2 is 2.21 bits per heavy atom. The van der Waals surface area contributed by atoms with Crippen LogP contribution in [0.25, 0.3) is 0 Å². The molecule has 0 atom stereocenters. The Morgan fingerprint density at radius 3 is 3.00 bits per heavy atom. The van der Waals surface area contributed by atoms with E-state index in [1.54, 1.807) is 11.8 Å². The van der Waals surface area contributed by atoms with Crippen LogP contribution in [0.3, 0.4) is 0 Å². The summed E-state index contributed by atoms with van der Waals surface area (Å²) in [6.07, 6.45) is 0.358. The zero-order chi connectivity index (χ0) is 17.1. The van der Waals surface area contributed by atoms with Crippen LogP contribution in [0, 0.1) is 6.92 Å². The van der Waals surface area contributed by atoms with E-state index in [9.17, 15) is 9.59 Å². The van der Waals surface area contributed by atoms with Gasteiger partial charge in [-0.15, -0.1) is 0 Å². The number of aromatic nitrogens is 2. The first-order valence-electron chi connectivity index (χ1n) is 7.81. The standard InChI is InChI=1S/C17H20N4O3/c1-12-8-16-20(17(23)6-7-21(16)19-12)11-15(22)18-10-13-4-3-5-14(9-13)24-2/h3-5,8-9H,6-7,10-11H2,1-2H3,(H,18,22). The Labute approximate surface area is 140 Å². The molecule has 1 N–H and O–H groups in total. The maximum absolute atomic E-state index is 12.2. The van der Waals surface area contributed by atoms with Gasteiger partial charge in [-0.25, -0.2) is 4.68 Å². The summed E-state index contributed by atoms with van der Waals surface area (Å²) in [5.41, 5.74) is 1.77. The minimum Gasteiger partial charge on any atom is -0.497 e. The predicted octanol–water partition coefficient (Wildman–Crippen LogP) is 1.25. The number of carbonyl (C=O) groups excluding carboxylic acids is 2. The van der Waals surface area contributed by atoms with Gasteiger partial charge < -0.3 is 10.1 Å². The normalized spacial score (nSPS) is 13.6. The molecule has 3 rings (SSSR count). The highest BCUT2D eigenvalue weighted by atomic mass is 16.5. The van der Waals surface area contributed by atoms with E-state index in [2.05, 4.69) is 10.4 Å². The minimum atomic E-state index is -0.210. The number of benzene rings is 1. The third-order valence-electron chi connectivity index (χ3n) is 3.92. The molecule has 0 saturated heterocycles. The molecule has 0 saturated carbocycles. The monoisotopic (exact) mass is 328 g/mol. The van der Waals surface area contributed by atoms with Gasteiger partial charge >= 0.3 is 0 Å². The van der Waals surface area contributed by atoms with Gasteiger partial charge in [0.15, 0.2) is 0 Å². The molecule has 0 fully saturated rings. The largest absolute Gasteiger partial charge is 0.497 e. The Morgan fingerprint density at radius 1 is 1.38 bits per heavy atom. The molecule has 7 heteroatoms. The smallest absolute Gasteiger partial charge is 0.240 e. The van der Waals surface area contributed by atoms with Gasteiger partial charge in [-0.05, 0) is 24.6 Å². The van der Waals surface area contributed by atoms with Crippen molar-refractivity contribution in [2.75, 3.05) is 18.6 Å². The summed E-state index contributed by atoms with van der Waals surface area (Å²) < 4.78 is 6.93. The average molecular weight is 328 g/mol. The third kappa shape index (κ3) is 3.40. The van der Waals surface area contributed by atoms with Gasteiger partial charge in [0.05, 0.1) is 19.3 Å². The van der Waals surface area contributed by atoms with Crippen molar-refractivity contribution in [3.8, 4) is 5.75 Å². The van der Waals surface area contributed by atoms with Gasteiger partial charge in [0.25, 0.3) is 0 Å². The fourth-order valence-corrected chi connectivity index (χ4v) is 2.73. The first-order chi connectivity index (χ1) is 11.6. The van der Waals surface area contributed by atoms with Gasteiger partial charge in [-0.1, -0.05) is 12.1 Å². The second-order valence-electron chi connectivity index (χ2n) is 5.73. The highest BCUT2D eigenvalue weighted by Gasteiger charge is 2.27. The Balaban J connectivity index is 1.63. The van der Waals surface area contributed by atoms with Crippen molar-refractivity contribution in [2.24, 2.45) is 0 Å². The van der Waals surface area contributed by atoms with Crippen LogP contribution < -0.4 is 15.0 Å². The van der Waals surface area contributed by atoms with Crippen molar-refractivity contribution >= 4 is 17.6 Å². The van der Waals surface area contributed by atoms with Crippen LogP contribution in [0.2, 0.25) is 0 Å². The van der Waals surface area contributed by atoms with E-state index in [1.165, 1.54) is 4.90 Å². The summed E-state index contributed by atoms with van der Waals surface area (Å²) in [7, 11) is 1.60. The van der Waals surface area contributed by atoms with Gasteiger partial charge in [0, 0.05) is 19.0 Å². The summed E-state index contributed by atoms with van der Waals surface area (Å²) in [6, 6.07) is 9.32. The molecular weight excluding hydrogens is 308 g/mol. The molecule has 2 amide bonds. The van der Waals surface area contributed by atoms with Crippen LogP contribution in [-0.2, 0) is 22.7 Å². The fourth-order valence-electron chi connectivity index (χ4n) is 2.73. The molecule has 0 aliphatic carbocycles. The molecular formula is C17H20N4O3. The number of ether oxygens (including phenoxy) is 1. The SMILES string of the molecule is COc1cccc(CNC(=O)CN2C(=O)CCn3nc(C)cc32)c1. The summed E-state index contributed by atoms with van der Waals surface area (Å²) in [5.74, 6) is 1.16. The number of carbonyl (C=O) groups is 2. The van der Waals surface area contributed by atoms with Crippen molar-refractivity contribution < 1.29 is 14.3 Å². The van der Waals surface area contributed by atoms with Crippen LogP contribution in [0.15, 0.2) is 30.3 Å². The quantitative estimate of drug-likeness (QED) is 0.896. The summed E-state index contributed by atoms with van der Waals surface area (Å²) in [5, 5.41) is 7.17. The fraction of sp³-hybridized carbons (Fsp3) is 0.353. The van der Waals surface area contributed by atoms with Crippen molar-refractivity contribution in [3.05, 3.63) is 41.6 Å². The molecule has 2 heterocycles. The number of hydrogen-bond donors (Lipinski definition) is 1. The number of amides is 2. The first kappa shape index (κ1) is 16.0. The lowest BCUT2D eigenvalue weighted by atomic mass is 10.2. The molecule has 0 spiro atoms. The van der Waals surface area contributed by atoms with Gasteiger partial charge in [-0.2, -0.15) is 5.10 Å². The second kappa shape index (κ2) is 6.74. The molecule has 0 radical (unpaired) electrons. The van der Waals surface area contributed by atoms with Crippen LogP contribution in [0.1, 0.15) is 17.7 Å². The molecule has 24 heavy (non-hydrogen) atoms. The lowest BCUT2D eigenvalue weighted by Gasteiger charge is -2.26.